The number of carbonyl (C=O) groups is 4. The van der Waals surface area contributed by atoms with E-state index in [-0.39, 0.29) is 30.2 Å². The lowest BCUT2D eigenvalue weighted by atomic mass is 9.81. The molecule has 0 bridgehead atoms. The van der Waals surface area contributed by atoms with Gasteiger partial charge in [-0.2, -0.15) is 0 Å². The van der Waals surface area contributed by atoms with Crippen molar-refractivity contribution in [2.24, 2.45) is 11.8 Å². The Morgan fingerprint density at radius 2 is 1.82 bits per heavy atom. The number of amides is 3. The van der Waals surface area contributed by atoms with Gasteiger partial charge in [-0.3, -0.25) is 24.1 Å². The van der Waals surface area contributed by atoms with Gasteiger partial charge in [-0.1, -0.05) is 18.8 Å². The van der Waals surface area contributed by atoms with E-state index in [0.29, 0.717) is 12.8 Å². The number of rotatable bonds is 5. The molecule has 3 amide bonds. The minimum absolute atomic E-state index is 0.0445. The van der Waals surface area contributed by atoms with E-state index in [0.717, 1.165) is 17.7 Å². The van der Waals surface area contributed by atoms with Gasteiger partial charge in [-0.25, -0.2) is 0 Å². The number of hydrogen-bond donors (Lipinski definition) is 1. The summed E-state index contributed by atoms with van der Waals surface area (Å²) in [5.41, 5.74) is 0. The van der Waals surface area contributed by atoms with Crippen LogP contribution in [0.2, 0.25) is 0 Å². The smallest absolute Gasteiger partial charge is 0.326 e. The predicted molar refractivity (Wildman–Crippen MR) is 75.0 cm³/mol. The summed E-state index contributed by atoms with van der Waals surface area (Å²) in [5.74, 6) is -0.296. The highest BCUT2D eigenvalue weighted by molar-refractivity contribution is 6.07. The molecule has 0 unspecified atom stereocenters. The highest BCUT2D eigenvalue weighted by Gasteiger charge is 2.48. The number of nitrogens with zero attached hydrogens (tertiary/aromatic N) is 1. The number of esters is 1. The second-order valence-electron chi connectivity index (χ2n) is 5.40. The van der Waals surface area contributed by atoms with Crippen molar-refractivity contribution in [3.8, 4) is 12.3 Å². The molecule has 2 fully saturated rings. The molecule has 1 aliphatic heterocycles. The van der Waals surface area contributed by atoms with Crippen LogP contribution in [0.5, 0.6) is 0 Å². The molecule has 2 atom stereocenters. The predicted octanol–water partition coefficient (Wildman–Crippen LogP) is -0.546. The average molecular weight is 306 g/mol. The normalized spacial score (nSPS) is 23.7. The molecule has 1 heterocycles. The molecular weight excluding hydrogens is 288 g/mol. The van der Waals surface area contributed by atoms with E-state index < -0.39 is 25.0 Å². The van der Waals surface area contributed by atoms with E-state index in [1.54, 1.807) is 0 Å². The number of terminal acetylenes is 1. The highest BCUT2D eigenvalue weighted by Crippen LogP contribution is 2.37. The SMILES string of the molecule is C#CCNC(=O)COC(=O)CN1C(=O)[C@H]2CCCC[C@@H]2C1=O. The summed E-state index contributed by atoms with van der Waals surface area (Å²) in [7, 11) is 0. The Morgan fingerprint density at radius 1 is 1.23 bits per heavy atom. The molecule has 0 aromatic carbocycles. The molecule has 2 rings (SSSR count). The maximum absolute atomic E-state index is 12.2. The van der Waals surface area contributed by atoms with Crippen LogP contribution in [-0.4, -0.2) is 48.3 Å². The van der Waals surface area contributed by atoms with Crippen molar-refractivity contribution < 1.29 is 23.9 Å². The molecule has 1 saturated carbocycles. The standard InChI is InChI=1S/C15H18N2O5/c1-2-7-16-12(18)9-22-13(19)8-17-14(20)10-5-3-4-6-11(10)15(17)21/h1,10-11H,3-9H2,(H,16,18)/t10-,11-/m0/s1. The number of carbonyl (C=O) groups excluding carboxylic acids is 4. The van der Waals surface area contributed by atoms with E-state index in [4.69, 9.17) is 11.2 Å². The summed E-state index contributed by atoms with van der Waals surface area (Å²) in [5, 5.41) is 2.34. The van der Waals surface area contributed by atoms with Crippen molar-refractivity contribution in [1.29, 1.82) is 0 Å². The van der Waals surface area contributed by atoms with Crippen molar-refractivity contribution in [1.82, 2.24) is 10.2 Å². The topological polar surface area (TPSA) is 92.8 Å². The summed E-state index contributed by atoms with van der Waals surface area (Å²) in [6.07, 6.45) is 8.20. The van der Waals surface area contributed by atoms with Crippen LogP contribution in [0.1, 0.15) is 25.7 Å². The molecule has 1 aliphatic carbocycles. The maximum atomic E-state index is 12.2. The van der Waals surface area contributed by atoms with E-state index in [9.17, 15) is 19.2 Å². The molecule has 0 aromatic heterocycles. The fourth-order valence-corrected chi connectivity index (χ4v) is 2.91. The number of likely N-dealkylation sites (tertiary alicyclic amines) is 1. The van der Waals surface area contributed by atoms with E-state index in [1.807, 2.05) is 0 Å². The first kappa shape index (κ1) is 16.0. The second kappa shape index (κ2) is 7.07. The van der Waals surface area contributed by atoms with Gasteiger partial charge < -0.3 is 10.1 Å². The molecule has 7 nitrogen and oxygen atoms in total. The third-order valence-corrected chi connectivity index (χ3v) is 3.97. The largest absolute Gasteiger partial charge is 0.454 e. The Morgan fingerprint density at radius 3 is 2.36 bits per heavy atom. The Hall–Kier alpha value is -2.36. The van der Waals surface area contributed by atoms with Gasteiger partial charge in [0.15, 0.2) is 6.61 Å². The van der Waals surface area contributed by atoms with Crippen molar-refractivity contribution in [3.63, 3.8) is 0 Å². The Balaban J connectivity index is 1.84. The molecule has 22 heavy (non-hydrogen) atoms. The molecule has 0 radical (unpaired) electrons. The van der Waals surface area contributed by atoms with Crippen LogP contribution < -0.4 is 5.32 Å². The van der Waals surface area contributed by atoms with Crippen molar-refractivity contribution >= 4 is 23.7 Å². The third kappa shape index (κ3) is 3.45. The summed E-state index contributed by atoms with van der Waals surface area (Å²) < 4.78 is 4.75. The van der Waals surface area contributed by atoms with Crippen LogP contribution in [0, 0.1) is 24.2 Å². The first-order valence-corrected chi connectivity index (χ1v) is 7.25. The van der Waals surface area contributed by atoms with Gasteiger partial charge in [0.25, 0.3) is 5.91 Å². The van der Waals surface area contributed by atoms with Gasteiger partial charge >= 0.3 is 5.97 Å². The van der Waals surface area contributed by atoms with Crippen LogP contribution in [-0.2, 0) is 23.9 Å². The average Bonchev–Trinajstić information content (AvgIpc) is 2.76. The van der Waals surface area contributed by atoms with Crippen molar-refractivity contribution in [2.45, 2.75) is 25.7 Å². The van der Waals surface area contributed by atoms with Crippen LogP contribution in [0.25, 0.3) is 0 Å². The minimum Gasteiger partial charge on any atom is -0.454 e. The minimum atomic E-state index is -0.781. The number of nitrogens with one attached hydrogen (secondary N) is 1. The molecule has 0 spiro atoms. The van der Waals surface area contributed by atoms with Crippen molar-refractivity contribution in [2.75, 3.05) is 19.7 Å². The number of fused-ring (bicyclic) bond motifs is 1. The zero-order chi connectivity index (χ0) is 16.1. The van der Waals surface area contributed by atoms with Gasteiger partial charge in [0, 0.05) is 0 Å². The Bertz CT molecular complexity index is 513. The van der Waals surface area contributed by atoms with Crippen LogP contribution >= 0.6 is 0 Å². The van der Waals surface area contributed by atoms with E-state index in [1.165, 1.54) is 0 Å². The highest BCUT2D eigenvalue weighted by atomic mass is 16.5. The van der Waals surface area contributed by atoms with E-state index in [2.05, 4.69) is 11.2 Å². The van der Waals surface area contributed by atoms with E-state index >= 15 is 0 Å². The fourth-order valence-electron chi connectivity index (χ4n) is 2.91. The quantitative estimate of drug-likeness (QED) is 0.418. The zero-order valence-corrected chi connectivity index (χ0v) is 12.2. The molecule has 2 aliphatic rings. The third-order valence-electron chi connectivity index (χ3n) is 3.97. The molecule has 1 saturated heterocycles. The van der Waals surface area contributed by atoms with Crippen LogP contribution in [0.3, 0.4) is 0 Å². The monoisotopic (exact) mass is 306 g/mol. The maximum Gasteiger partial charge on any atom is 0.326 e. The number of ether oxygens (including phenoxy) is 1. The van der Waals surface area contributed by atoms with Crippen molar-refractivity contribution in [3.05, 3.63) is 0 Å². The molecule has 1 N–H and O–H groups in total. The second-order valence-corrected chi connectivity index (χ2v) is 5.40. The lowest BCUT2D eigenvalue weighted by molar-refractivity contribution is -0.154. The first-order valence-electron chi connectivity index (χ1n) is 7.25. The first-order chi connectivity index (χ1) is 10.5. The van der Waals surface area contributed by atoms with Crippen LogP contribution in [0.15, 0.2) is 0 Å². The van der Waals surface area contributed by atoms with Gasteiger partial charge in [0.2, 0.25) is 11.8 Å². The zero-order valence-electron chi connectivity index (χ0n) is 12.2. The van der Waals surface area contributed by atoms with Crippen LogP contribution in [0.4, 0.5) is 0 Å². The fraction of sp³-hybridized carbons (Fsp3) is 0.600. The molecule has 0 aromatic rings. The molecule has 118 valence electrons. The lowest BCUT2D eigenvalue weighted by Crippen LogP contribution is -2.38. The Kier molecular flexibility index (Phi) is 5.15. The molecule has 7 heteroatoms. The molecular formula is C15H18N2O5. The van der Waals surface area contributed by atoms with Gasteiger partial charge in [-0.15, -0.1) is 6.42 Å². The summed E-state index contributed by atoms with van der Waals surface area (Å²) >= 11 is 0. The van der Waals surface area contributed by atoms with Gasteiger partial charge in [0.05, 0.1) is 18.4 Å². The number of hydrogen-bond acceptors (Lipinski definition) is 5. The Labute approximate surface area is 128 Å². The summed E-state index contributed by atoms with van der Waals surface area (Å²) in [6.45, 7) is -0.875. The summed E-state index contributed by atoms with van der Waals surface area (Å²) in [4.78, 5) is 48.2. The number of imide groups is 1. The lowest BCUT2D eigenvalue weighted by Gasteiger charge is -2.19. The van der Waals surface area contributed by atoms with Gasteiger partial charge in [-0.05, 0) is 12.8 Å². The summed E-state index contributed by atoms with van der Waals surface area (Å²) in [6, 6.07) is 0. The van der Waals surface area contributed by atoms with Gasteiger partial charge in [0.1, 0.15) is 6.54 Å².